The van der Waals surface area contributed by atoms with Crippen molar-refractivity contribution in [1.29, 1.82) is 0 Å². The first-order chi connectivity index (χ1) is 15.2. The second-order valence-corrected chi connectivity index (χ2v) is 9.95. The monoisotopic (exact) mass is 436 g/mol. The number of pyridine rings is 1. The summed E-state index contributed by atoms with van der Waals surface area (Å²) in [7, 11) is 0. The minimum atomic E-state index is -0.278. The van der Waals surface area contributed by atoms with Gasteiger partial charge in [-0.05, 0) is 39.2 Å². The topological polar surface area (TPSA) is 95.0 Å². The van der Waals surface area contributed by atoms with Gasteiger partial charge in [0.15, 0.2) is 5.65 Å². The van der Waals surface area contributed by atoms with E-state index in [0.717, 1.165) is 12.1 Å². The number of rotatable bonds is 3. The van der Waals surface area contributed by atoms with E-state index in [0.29, 0.717) is 30.7 Å². The summed E-state index contributed by atoms with van der Waals surface area (Å²) in [6.45, 7) is 8.23. The first kappa shape index (κ1) is 20.7. The van der Waals surface area contributed by atoms with Gasteiger partial charge in [0.2, 0.25) is 5.91 Å². The van der Waals surface area contributed by atoms with E-state index in [-0.39, 0.29) is 47.4 Å². The molecule has 3 aromatic rings. The maximum atomic E-state index is 13.0. The maximum Gasteiger partial charge on any atom is 0.264 e. The Kier molecular flexibility index (Phi) is 4.79. The van der Waals surface area contributed by atoms with Gasteiger partial charge in [0.1, 0.15) is 5.39 Å². The van der Waals surface area contributed by atoms with Gasteiger partial charge in [0.25, 0.3) is 11.1 Å². The van der Waals surface area contributed by atoms with Crippen LogP contribution < -0.4 is 11.1 Å². The summed E-state index contributed by atoms with van der Waals surface area (Å²) in [4.78, 5) is 44.4. The SMILES string of the molecule is CC(C)(C)n1ncc2c(=O)n(CCC(=O)N3CC4CC(C3)c3cccc(=O)n3C4)cnc21. The summed E-state index contributed by atoms with van der Waals surface area (Å²) < 4.78 is 5.10. The van der Waals surface area contributed by atoms with Crippen LogP contribution in [0.1, 0.15) is 45.2 Å². The molecule has 5 heterocycles. The highest BCUT2D eigenvalue weighted by Gasteiger charge is 2.36. The second-order valence-electron chi connectivity index (χ2n) is 9.95. The number of aryl methyl sites for hydroxylation is 1. The van der Waals surface area contributed by atoms with Gasteiger partial charge in [-0.3, -0.25) is 19.0 Å². The summed E-state index contributed by atoms with van der Waals surface area (Å²) >= 11 is 0. The van der Waals surface area contributed by atoms with Crippen molar-refractivity contribution in [3.05, 3.63) is 57.1 Å². The van der Waals surface area contributed by atoms with Crippen molar-refractivity contribution < 1.29 is 4.79 Å². The molecule has 1 saturated heterocycles. The van der Waals surface area contributed by atoms with E-state index < -0.39 is 0 Å². The van der Waals surface area contributed by atoms with E-state index in [9.17, 15) is 14.4 Å². The molecule has 2 aliphatic rings. The van der Waals surface area contributed by atoms with Gasteiger partial charge in [-0.15, -0.1) is 0 Å². The van der Waals surface area contributed by atoms with E-state index in [1.165, 1.54) is 10.9 Å². The van der Waals surface area contributed by atoms with E-state index >= 15 is 0 Å². The Morgan fingerprint density at radius 3 is 2.75 bits per heavy atom. The molecule has 5 rings (SSSR count). The van der Waals surface area contributed by atoms with Crippen molar-refractivity contribution in [1.82, 2.24) is 28.8 Å². The quantitative estimate of drug-likeness (QED) is 0.621. The largest absolute Gasteiger partial charge is 0.342 e. The van der Waals surface area contributed by atoms with Crippen LogP contribution in [0.3, 0.4) is 0 Å². The van der Waals surface area contributed by atoms with Crippen LogP contribution in [0.15, 0.2) is 40.3 Å². The second kappa shape index (κ2) is 7.43. The van der Waals surface area contributed by atoms with Crippen LogP contribution in [-0.2, 0) is 23.4 Å². The van der Waals surface area contributed by atoms with Gasteiger partial charge in [0, 0.05) is 50.3 Å². The molecular formula is C23H28N6O3. The Labute approximate surface area is 185 Å². The Balaban J connectivity index is 1.31. The number of likely N-dealkylation sites (tertiary alicyclic amines) is 1. The van der Waals surface area contributed by atoms with Gasteiger partial charge in [-0.2, -0.15) is 5.10 Å². The number of aromatic nitrogens is 5. The van der Waals surface area contributed by atoms with Gasteiger partial charge < -0.3 is 9.47 Å². The summed E-state index contributed by atoms with van der Waals surface area (Å²) in [5.41, 5.74) is 1.16. The van der Waals surface area contributed by atoms with E-state index in [1.807, 2.05) is 36.3 Å². The van der Waals surface area contributed by atoms with Crippen molar-refractivity contribution in [3.63, 3.8) is 0 Å². The van der Waals surface area contributed by atoms with Gasteiger partial charge in [-0.25, -0.2) is 9.67 Å². The standard InChI is InChI=1S/C23H28N6O3/c1-23(2,3)29-21-17(10-25-29)22(32)26(14-24-21)8-7-19(30)27-11-15-9-16(13-27)18-5-4-6-20(31)28(18)12-15/h4-6,10,14-16H,7-9,11-13H2,1-3H3. The number of hydrogen-bond donors (Lipinski definition) is 0. The zero-order chi connectivity index (χ0) is 22.6. The molecule has 0 spiro atoms. The lowest BCUT2D eigenvalue weighted by molar-refractivity contribution is -0.134. The fraction of sp³-hybridized carbons (Fsp3) is 0.522. The fourth-order valence-corrected chi connectivity index (χ4v) is 5.07. The number of nitrogens with zero attached hydrogens (tertiary/aromatic N) is 6. The highest BCUT2D eigenvalue weighted by Crippen LogP contribution is 2.35. The molecule has 9 heteroatoms. The minimum absolute atomic E-state index is 0.0313. The highest BCUT2D eigenvalue weighted by atomic mass is 16.2. The molecule has 32 heavy (non-hydrogen) atoms. The number of fused-ring (bicyclic) bond motifs is 5. The molecule has 0 radical (unpaired) electrons. The minimum Gasteiger partial charge on any atom is -0.342 e. The van der Waals surface area contributed by atoms with Crippen LogP contribution in [0, 0.1) is 5.92 Å². The predicted octanol–water partition coefficient (Wildman–Crippen LogP) is 1.55. The molecule has 0 saturated carbocycles. The third-order valence-electron chi connectivity index (χ3n) is 6.59. The average molecular weight is 437 g/mol. The van der Waals surface area contributed by atoms with Crippen LogP contribution in [0.4, 0.5) is 0 Å². The lowest BCUT2D eigenvalue weighted by atomic mass is 9.83. The molecule has 1 fully saturated rings. The van der Waals surface area contributed by atoms with Crippen LogP contribution in [-0.4, -0.2) is 47.8 Å². The summed E-state index contributed by atoms with van der Waals surface area (Å²) in [6, 6.07) is 5.39. The summed E-state index contributed by atoms with van der Waals surface area (Å²) in [5, 5.41) is 4.80. The van der Waals surface area contributed by atoms with E-state index in [4.69, 9.17) is 0 Å². The number of hydrogen-bond acceptors (Lipinski definition) is 5. The summed E-state index contributed by atoms with van der Waals surface area (Å²) in [6.07, 6.45) is 4.31. The first-order valence-electron chi connectivity index (χ1n) is 11.1. The molecule has 9 nitrogen and oxygen atoms in total. The van der Waals surface area contributed by atoms with Crippen LogP contribution in [0.25, 0.3) is 11.0 Å². The van der Waals surface area contributed by atoms with Crippen molar-refractivity contribution in [2.45, 2.75) is 58.2 Å². The van der Waals surface area contributed by atoms with Crippen molar-refractivity contribution in [2.75, 3.05) is 13.1 Å². The maximum absolute atomic E-state index is 13.0. The number of carbonyl (C=O) groups excluding carboxylic acids is 1. The molecule has 2 aliphatic heterocycles. The molecule has 168 valence electrons. The lowest BCUT2D eigenvalue weighted by Crippen LogP contribution is -2.49. The number of carbonyl (C=O) groups is 1. The molecule has 2 unspecified atom stereocenters. The molecule has 2 atom stereocenters. The molecule has 2 bridgehead atoms. The van der Waals surface area contributed by atoms with Gasteiger partial charge in [0.05, 0.1) is 18.1 Å². The number of amides is 1. The number of piperidine rings is 1. The van der Waals surface area contributed by atoms with Crippen molar-refractivity contribution >= 4 is 16.9 Å². The third-order valence-corrected chi connectivity index (χ3v) is 6.59. The van der Waals surface area contributed by atoms with Crippen molar-refractivity contribution in [3.8, 4) is 0 Å². The molecule has 0 aliphatic carbocycles. The fourth-order valence-electron chi connectivity index (χ4n) is 5.07. The predicted molar refractivity (Wildman–Crippen MR) is 120 cm³/mol. The zero-order valence-corrected chi connectivity index (χ0v) is 18.7. The van der Waals surface area contributed by atoms with Crippen molar-refractivity contribution in [2.24, 2.45) is 5.92 Å². The van der Waals surface area contributed by atoms with E-state index in [1.54, 1.807) is 23.0 Å². The Morgan fingerprint density at radius 2 is 1.97 bits per heavy atom. The third kappa shape index (κ3) is 3.45. The van der Waals surface area contributed by atoms with Gasteiger partial charge >= 0.3 is 0 Å². The van der Waals surface area contributed by atoms with Crippen LogP contribution in [0.5, 0.6) is 0 Å². The average Bonchev–Trinajstić information content (AvgIpc) is 3.19. The highest BCUT2D eigenvalue weighted by molar-refractivity contribution is 5.76. The van der Waals surface area contributed by atoms with Crippen LogP contribution >= 0.6 is 0 Å². The molecule has 0 N–H and O–H groups in total. The summed E-state index contributed by atoms with van der Waals surface area (Å²) in [5.74, 6) is 0.502. The molecule has 1 amide bonds. The Bertz CT molecular complexity index is 1310. The first-order valence-corrected chi connectivity index (χ1v) is 11.1. The Hall–Kier alpha value is -3.23. The molecular weight excluding hydrogens is 408 g/mol. The van der Waals surface area contributed by atoms with Crippen LogP contribution in [0.2, 0.25) is 0 Å². The Morgan fingerprint density at radius 1 is 1.16 bits per heavy atom. The zero-order valence-electron chi connectivity index (χ0n) is 18.7. The smallest absolute Gasteiger partial charge is 0.264 e. The molecule has 3 aromatic heterocycles. The van der Waals surface area contributed by atoms with Gasteiger partial charge in [-0.1, -0.05) is 6.07 Å². The molecule has 0 aromatic carbocycles. The van der Waals surface area contributed by atoms with E-state index in [2.05, 4.69) is 10.1 Å². The lowest BCUT2D eigenvalue weighted by Gasteiger charge is -2.42. The normalized spacial score (nSPS) is 20.4.